The number of carboxylic acid groups (broad SMARTS) is 1. The van der Waals surface area contributed by atoms with Crippen molar-refractivity contribution >= 4 is 17.6 Å². The molecule has 164 valence electrons. The van der Waals surface area contributed by atoms with Gasteiger partial charge in [-0.3, -0.25) is 10.2 Å². The minimum Gasteiger partial charge on any atom is -0.481 e. The Kier molecular flexibility index (Phi) is 6.00. The van der Waals surface area contributed by atoms with Gasteiger partial charge in [0.2, 0.25) is 5.96 Å². The Morgan fingerprint density at radius 3 is 2.97 bits per heavy atom. The first-order valence-corrected chi connectivity index (χ1v) is 11.3. The van der Waals surface area contributed by atoms with Crippen LogP contribution in [-0.2, 0) is 9.53 Å². The van der Waals surface area contributed by atoms with E-state index in [1.54, 1.807) is 5.57 Å². The van der Waals surface area contributed by atoms with Gasteiger partial charge in [0.05, 0.1) is 11.3 Å². The Hall–Kier alpha value is -2.15. The van der Waals surface area contributed by atoms with E-state index in [2.05, 4.69) is 23.5 Å². The molecule has 4 atom stereocenters. The summed E-state index contributed by atoms with van der Waals surface area (Å²) in [5.74, 6) is 0.840. The number of nitrogens with two attached hydrogens (primary N) is 1. The van der Waals surface area contributed by atoms with Crippen LogP contribution in [0.1, 0.15) is 71.1 Å². The van der Waals surface area contributed by atoms with Gasteiger partial charge >= 0.3 is 5.97 Å². The van der Waals surface area contributed by atoms with Crippen LogP contribution in [0.25, 0.3) is 0 Å². The maximum Gasteiger partial charge on any atom is 0.303 e. The zero-order valence-electron chi connectivity index (χ0n) is 17.9. The number of aliphatic carboxylic acids is 1. The summed E-state index contributed by atoms with van der Waals surface area (Å²) in [6.45, 7) is 3.17. The summed E-state index contributed by atoms with van der Waals surface area (Å²) in [4.78, 5) is 10.9. The van der Waals surface area contributed by atoms with E-state index in [9.17, 15) is 4.79 Å². The fourth-order valence-corrected chi connectivity index (χ4v) is 6.40. The van der Waals surface area contributed by atoms with Gasteiger partial charge in [-0.1, -0.05) is 12.0 Å². The molecule has 0 aromatic heterocycles. The molecule has 0 amide bonds. The van der Waals surface area contributed by atoms with Crippen LogP contribution in [0.3, 0.4) is 0 Å². The van der Waals surface area contributed by atoms with E-state index in [1.165, 1.54) is 11.1 Å². The quantitative estimate of drug-likeness (QED) is 0.228. The predicted octanol–water partition coefficient (Wildman–Crippen LogP) is 3.71. The van der Waals surface area contributed by atoms with E-state index in [0.29, 0.717) is 17.8 Å². The van der Waals surface area contributed by atoms with Crippen molar-refractivity contribution in [3.05, 3.63) is 22.8 Å². The van der Waals surface area contributed by atoms with E-state index in [1.807, 2.05) is 0 Å². The lowest BCUT2D eigenvalue weighted by molar-refractivity contribution is -0.137. The summed E-state index contributed by atoms with van der Waals surface area (Å²) in [6.07, 6.45) is 11.5. The third-order valence-corrected chi connectivity index (χ3v) is 7.57. The third-order valence-electron chi connectivity index (χ3n) is 7.57. The van der Waals surface area contributed by atoms with Crippen LogP contribution < -0.4 is 11.2 Å². The first kappa shape index (κ1) is 21.1. The Morgan fingerprint density at radius 1 is 1.37 bits per heavy atom. The average molecular weight is 415 g/mol. The Labute approximate surface area is 178 Å². The number of carbonyl (C=O) groups is 1. The van der Waals surface area contributed by atoms with Crippen LogP contribution in [0.4, 0.5) is 0 Å². The van der Waals surface area contributed by atoms with Gasteiger partial charge in [0.25, 0.3) is 0 Å². The van der Waals surface area contributed by atoms with Crippen molar-refractivity contribution in [3.8, 4) is 0 Å². The second kappa shape index (κ2) is 8.53. The van der Waals surface area contributed by atoms with Crippen molar-refractivity contribution in [2.45, 2.75) is 76.7 Å². The number of fused-ring (bicyclic) bond motifs is 4. The fraction of sp³-hybridized carbons (Fsp3) is 0.696. The molecule has 3 aliphatic carbocycles. The molecule has 1 saturated heterocycles. The van der Waals surface area contributed by atoms with E-state index in [0.717, 1.165) is 70.1 Å². The first-order valence-electron chi connectivity index (χ1n) is 11.3. The molecule has 2 fully saturated rings. The van der Waals surface area contributed by atoms with Crippen LogP contribution in [-0.4, -0.2) is 35.0 Å². The lowest BCUT2D eigenvalue weighted by Crippen LogP contribution is -2.46. The van der Waals surface area contributed by atoms with Crippen molar-refractivity contribution in [1.29, 1.82) is 5.41 Å². The van der Waals surface area contributed by atoms with E-state index < -0.39 is 5.97 Å². The second-order valence-electron chi connectivity index (χ2n) is 9.47. The molecule has 1 saturated carbocycles. The molecule has 7 heteroatoms. The molecule has 4 aliphatic rings. The summed E-state index contributed by atoms with van der Waals surface area (Å²) in [5, 5.41) is 20.6. The van der Waals surface area contributed by atoms with Crippen LogP contribution in [0, 0.1) is 23.2 Å². The summed E-state index contributed by atoms with van der Waals surface area (Å²) in [7, 11) is 0. The number of hydrogen-bond acceptors (Lipinski definition) is 4. The molecule has 0 radical (unpaired) electrons. The van der Waals surface area contributed by atoms with Crippen molar-refractivity contribution in [2.24, 2.45) is 28.6 Å². The van der Waals surface area contributed by atoms with Crippen LogP contribution in [0.2, 0.25) is 0 Å². The Balaban J connectivity index is 1.61. The lowest BCUT2D eigenvalue weighted by Gasteiger charge is -2.50. The molecule has 0 bridgehead atoms. The highest BCUT2D eigenvalue weighted by molar-refractivity contribution is 5.98. The molecule has 0 unspecified atom stereocenters. The van der Waals surface area contributed by atoms with E-state index in [4.69, 9.17) is 21.0 Å². The topological polar surface area (TPSA) is 121 Å². The van der Waals surface area contributed by atoms with Gasteiger partial charge in [-0.05, 0) is 93.3 Å². The predicted molar refractivity (Wildman–Crippen MR) is 116 cm³/mol. The average Bonchev–Trinajstić information content (AvgIpc) is 3.10. The number of nitrogens with one attached hydrogen (secondary N) is 2. The number of ether oxygens (including phenoxy) is 1. The Morgan fingerprint density at radius 2 is 2.20 bits per heavy atom. The zero-order chi connectivity index (χ0) is 21.3. The van der Waals surface area contributed by atoms with Crippen LogP contribution in [0.5, 0.6) is 0 Å². The molecular weight excluding hydrogens is 380 g/mol. The standard InChI is InChI=1S/C23H34N4O3/c1-23-13-15(4-2-3-5-20(28)29)21-17-9-7-16(26-27-22(24)25)12-14(17)6-8-18(21)19(23)10-11-30-23/h12,15,18-19H,2-11,13H2,1H3,(H,28,29)(H4,24,25,27)/t15-,18-,19-,23-/m0/s1. The third kappa shape index (κ3) is 4.17. The number of carboxylic acids is 1. The smallest absolute Gasteiger partial charge is 0.303 e. The molecule has 1 aliphatic heterocycles. The maximum atomic E-state index is 10.9. The van der Waals surface area contributed by atoms with Crippen molar-refractivity contribution in [1.82, 2.24) is 5.43 Å². The highest BCUT2D eigenvalue weighted by Crippen LogP contribution is 2.57. The number of nitrogens with zero attached hydrogens (tertiary/aromatic N) is 1. The van der Waals surface area contributed by atoms with Crippen molar-refractivity contribution < 1.29 is 14.6 Å². The minimum absolute atomic E-state index is 0.0277. The number of guanidine groups is 1. The molecule has 5 N–H and O–H groups in total. The molecule has 0 spiro atoms. The molecule has 0 aromatic rings. The van der Waals surface area contributed by atoms with Crippen molar-refractivity contribution in [3.63, 3.8) is 0 Å². The molecule has 1 heterocycles. The Bertz CT molecular complexity index is 815. The highest BCUT2D eigenvalue weighted by Gasteiger charge is 2.53. The van der Waals surface area contributed by atoms with Gasteiger partial charge < -0.3 is 15.6 Å². The van der Waals surface area contributed by atoms with Crippen molar-refractivity contribution in [2.75, 3.05) is 6.61 Å². The molecular formula is C23H34N4O3. The SMILES string of the molecule is C[C@]12C[C@H](CCCCC(=O)O)C3=C4CCC(=NNC(=N)N)C=C4CC[C@H]3[C@@H]1CCO2. The number of unbranched alkanes of at least 4 members (excludes halogenated alkanes) is 1. The fourth-order valence-electron chi connectivity index (χ4n) is 6.40. The van der Waals surface area contributed by atoms with Crippen LogP contribution >= 0.6 is 0 Å². The zero-order valence-corrected chi connectivity index (χ0v) is 17.9. The van der Waals surface area contributed by atoms with Gasteiger partial charge in [0.1, 0.15) is 0 Å². The highest BCUT2D eigenvalue weighted by atomic mass is 16.5. The van der Waals surface area contributed by atoms with E-state index >= 15 is 0 Å². The van der Waals surface area contributed by atoms with Gasteiger partial charge in [0, 0.05) is 13.0 Å². The number of allylic oxidation sites excluding steroid dienone is 4. The van der Waals surface area contributed by atoms with E-state index in [-0.39, 0.29) is 18.0 Å². The first-order chi connectivity index (χ1) is 14.4. The lowest BCUT2D eigenvalue weighted by atomic mass is 9.57. The largest absolute Gasteiger partial charge is 0.481 e. The molecule has 30 heavy (non-hydrogen) atoms. The molecule has 7 nitrogen and oxygen atoms in total. The maximum absolute atomic E-state index is 10.9. The normalized spacial score (nSPS) is 34.1. The van der Waals surface area contributed by atoms with Gasteiger partial charge in [-0.2, -0.15) is 5.10 Å². The monoisotopic (exact) mass is 414 g/mol. The number of hydrogen-bond donors (Lipinski definition) is 4. The van der Waals surface area contributed by atoms with Gasteiger partial charge in [-0.15, -0.1) is 0 Å². The number of hydrazone groups is 1. The molecule has 4 rings (SSSR count). The van der Waals surface area contributed by atoms with Gasteiger partial charge in [0.15, 0.2) is 0 Å². The summed E-state index contributed by atoms with van der Waals surface area (Å²) in [5.41, 5.74) is 13.5. The summed E-state index contributed by atoms with van der Waals surface area (Å²) >= 11 is 0. The summed E-state index contributed by atoms with van der Waals surface area (Å²) in [6, 6.07) is 0. The number of rotatable bonds is 6. The summed E-state index contributed by atoms with van der Waals surface area (Å²) < 4.78 is 6.28. The molecule has 0 aromatic carbocycles. The van der Waals surface area contributed by atoms with Gasteiger partial charge in [-0.25, -0.2) is 5.43 Å². The van der Waals surface area contributed by atoms with Crippen LogP contribution in [0.15, 0.2) is 27.9 Å². The second-order valence-corrected chi connectivity index (χ2v) is 9.47. The minimum atomic E-state index is -0.703.